The summed E-state index contributed by atoms with van der Waals surface area (Å²) in [6.07, 6.45) is -0.246. The number of nitrogens with zero attached hydrogens (tertiary/aromatic N) is 4. The summed E-state index contributed by atoms with van der Waals surface area (Å²) >= 11 is 0. The van der Waals surface area contributed by atoms with Crippen molar-refractivity contribution in [3.05, 3.63) is 216 Å². The van der Waals surface area contributed by atoms with E-state index in [1.54, 1.807) is 0 Å². The van der Waals surface area contributed by atoms with Crippen LogP contribution >= 0.6 is 0 Å². The Hall–Kier alpha value is -7.50. The van der Waals surface area contributed by atoms with Crippen LogP contribution in [-0.4, -0.2) is 20.8 Å². The first-order valence-electron chi connectivity index (χ1n) is 19.9. The van der Waals surface area contributed by atoms with Crippen LogP contribution in [-0.2, 0) is 0 Å². The van der Waals surface area contributed by atoms with E-state index in [0.29, 0.717) is 5.84 Å². The fraction of sp³-hybridized carbons (Fsp3) is 0.0566. The van der Waals surface area contributed by atoms with Gasteiger partial charge in [-0.05, 0) is 109 Å². The second kappa shape index (κ2) is 13.6. The molecule has 0 aliphatic carbocycles. The van der Waals surface area contributed by atoms with Crippen molar-refractivity contribution in [1.82, 2.24) is 14.5 Å². The normalized spacial score (nSPS) is 14.2. The van der Waals surface area contributed by atoms with Crippen molar-refractivity contribution in [2.45, 2.75) is 20.0 Å². The van der Waals surface area contributed by atoms with Crippen molar-refractivity contribution in [3.8, 4) is 22.5 Å². The fourth-order valence-electron chi connectivity index (χ4n) is 8.87. The van der Waals surface area contributed by atoms with Crippen molar-refractivity contribution in [1.29, 1.82) is 0 Å². The molecule has 10 aromatic rings. The van der Waals surface area contributed by atoms with Gasteiger partial charge in [-0.25, -0.2) is 9.98 Å². The Morgan fingerprint density at radius 3 is 1.74 bits per heavy atom. The molecule has 0 saturated carbocycles. The van der Waals surface area contributed by atoms with Gasteiger partial charge in [0.25, 0.3) is 0 Å². The molecule has 5 heteroatoms. The second-order valence-corrected chi connectivity index (χ2v) is 15.2. The topological polar surface area (TPSA) is 46.6 Å². The van der Waals surface area contributed by atoms with Crippen LogP contribution in [0, 0.1) is 13.8 Å². The van der Waals surface area contributed by atoms with E-state index in [2.05, 4.69) is 192 Å². The molecule has 0 bridgehead atoms. The molecule has 0 radical (unpaired) electrons. The minimum absolute atomic E-state index is 0.246. The van der Waals surface area contributed by atoms with Crippen molar-refractivity contribution >= 4 is 55.3 Å². The van der Waals surface area contributed by atoms with E-state index < -0.39 is 0 Å². The van der Waals surface area contributed by atoms with Gasteiger partial charge in [-0.15, -0.1) is 0 Å². The number of amidine groups is 2. The maximum atomic E-state index is 5.11. The summed E-state index contributed by atoms with van der Waals surface area (Å²) in [6.45, 7) is 4.42. The maximum absolute atomic E-state index is 5.11. The molecule has 1 unspecified atom stereocenters. The molecule has 58 heavy (non-hydrogen) atoms. The molecule has 0 saturated heterocycles. The standard InChI is InChI=1S/C53H39N5/c1-34-30-35(2)50-46(31-34)45-33-40(39-24-28-48-44(32-39)43-20-12-13-21-47(43)57(48)41-18-10-5-11-19-41)25-29-49(45)58(50)42-26-22-38(23-27-42)53-55-51(36-14-6-3-7-15-36)54-52(56-53)37-16-8-4-9-17-37/h3-33,51H,1-2H3,(H,54,55,56). The molecule has 1 atom stereocenters. The molecule has 3 heterocycles. The largest absolute Gasteiger partial charge is 0.344 e. The van der Waals surface area contributed by atoms with E-state index in [0.717, 1.165) is 28.2 Å². The van der Waals surface area contributed by atoms with Crippen molar-refractivity contribution in [2.75, 3.05) is 0 Å². The Bertz CT molecular complexity index is 3240. The third kappa shape index (κ3) is 5.62. The number of aryl methyl sites for hydroxylation is 2. The Morgan fingerprint density at radius 1 is 0.448 bits per heavy atom. The van der Waals surface area contributed by atoms with E-state index in [9.17, 15) is 0 Å². The Morgan fingerprint density at radius 2 is 1.02 bits per heavy atom. The fourth-order valence-corrected chi connectivity index (χ4v) is 8.87. The van der Waals surface area contributed by atoms with Gasteiger partial charge in [0, 0.05) is 44.0 Å². The number of aromatic nitrogens is 2. The van der Waals surface area contributed by atoms with Gasteiger partial charge >= 0.3 is 0 Å². The van der Waals surface area contributed by atoms with E-state index in [1.807, 2.05) is 24.3 Å². The Balaban J connectivity index is 1.02. The monoisotopic (exact) mass is 745 g/mol. The number of fused-ring (bicyclic) bond motifs is 6. The van der Waals surface area contributed by atoms with Gasteiger partial charge in [0.05, 0.1) is 22.1 Å². The first kappa shape index (κ1) is 33.8. The number of benzene rings is 8. The number of nitrogens with one attached hydrogen (secondary N) is 1. The van der Waals surface area contributed by atoms with Crippen LogP contribution in [0.25, 0.3) is 66.1 Å². The van der Waals surface area contributed by atoms with Crippen molar-refractivity contribution < 1.29 is 0 Å². The molecule has 8 aromatic carbocycles. The molecule has 0 spiro atoms. The SMILES string of the molecule is Cc1cc(C)c2c(c1)c1cc(-c3ccc4c(c3)c3ccccc3n4-c3ccccc3)ccc1n2-c1ccc(C2=NC(c3ccccc3)NC(c3ccccc3)=N2)cc1. The van der Waals surface area contributed by atoms with Gasteiger partial charge in [-0.2, -0.15) is 0 Å². The minimum Gasteiger partial charge on any atom is -0.344 e. The Labute approximate surface area is 336 Å². The van der Waals surface area contributed by atoms with E-state index in [-0.39, 0.29) is 6.17 Å². The third-order valence-corrected chi connectivity index (χ3v) is 11.5. The van der Waals surface area contributed by atoms with Gasteiger partial charge in [-0.1, -0.05) is 121 Å². The lowest BCUT2D eigenvalue weighted by Gasteiger charge is -2.23. The lowest BCUT2D eigenvalue weighted by atomic mass is 10.00. The summed E-state index contributed by atoms with van der Waals surface area (Å²) in [5, 5.41) is 8.56. The predicted molar refractivity (Wildman–Crippen MR) is 242 cm³/mol. The van der Waals surface area contributed by atoms with Crippen molar-refractivity contribution in [2.24, 2.45) is 9.98 Å². The molecule has 1 N–H and O–H groups in total. The molecule has 2 aromatic heterocycles. The molecule has 1 aliphatic rings. The molecule has 276 valence electrons. The molecule has 0 amide bonds. The van der Waals surface area contributed by atoms with Crippen LogP contribution in [0.5, 0.6) is 0 Å². The maximum Gasteiger partial charge on any atom is 0.159 e. The first-order chi connectivity index (χ1) is 28.6. The third-order valence-electron chi connectivity index (χ3n) is 11.5. The summed E-state index contributed by atoms with van der Waals surface area (Å²) in [7, 11) is 0. The van der Waals surface area contributed by atoms with E-state index in [4.69, 9.17) is 9.98 Å². The summed E-state index contributed by atoms with van der Waals surface area (Å²) in [6, 6.07) is 67.2. The minimum atomic E-state index is -0.246. The number of para-hydroxylation sites is 2. The molecular weight excluding hydrogens is 707 g/mol. The zero-order valence-electron chi connectivity index (χ0n) is 32.3. The molecule has 5 nitrogen and oxygen atoms in total. The number of hydrogen-bond acceptors (Lipinski definition) is 3. The summed E-state index contributed by atoms with van der Waals surface area (Å²) in [5.41, 5.74) is 15.1. The highest BCUT2D eigenvalue weighted by Gasteiger charge is 2.22. The van der Waals surface area contributed by atoms with Gasteiger partial charge in [0.2, 0.25) is 0 Å². The number of aliphatic imine (C=N–C) groups is 2. The van der Waals surface area contributed by atoms with Gasteiger partial charge in [0.1, 0.15) is 12.0 Å². The van der Waals surface area contributed by atoms with Gasteiger partial charge in [-0.3, -0.25) is 0 Å². The van der Waals surface area contributed by atoms with Crippen LogP contribution in [0.4, 0.5) is 0 Å². The zero-order chi connectivity index (χ0) is 38.7. The molecule has 11 rings (SSSR count). The van der Waals surface area contributed by atoms with E-state index in [1.165, 1.54) is 71.6 Å². The molecule has 1 aliphatic heterocycles. The highest BCUT2D eigenvalue weighted by Crippen LogP contribution is 2.39. The first-order valence-corrected chi connectivity index (χ1v) is 19.9. The predicted octanol–water partition coefficient (Wildman–Crippen LogP) is 12.7. The number of rotatable bonds is 6. The van der Waals surface area contributed by atoms with Crippen LogP contribution in [0.15, 0.2) is 198 Å². The van der Waals surface area contributed by atoms with E-state index >= 15 is 0 Å². The molecular formula is C53H39N5. The molecule has 0 fully saturated rings. The Kier molecular flexibility index (Phi) is 7.93. The smallest absolute Gasteiger partial charge is 0.159 e. The summed E-state index contributed by atoms with van der Waals surface area (Å²) < 4.78 is 4.79. The average molecular weight is 746 g/mol. The van der Waals surface area contributed by atoms with Crippen LogP contribution in [0.3, 0.4) is 0 Å². The zero-order valence-corrected chi connectivity index (χ0v) is 32.3. The quantitative estimate of drug-likeness (QED) is 0.181. The highest BCUT2D eigenvalue weighted by atomic mass is 15.2. The van der Waals surface area contributed by atoms with Crippen LogP contribution < -0.4 is 5.32 Å². The lowest BCUT2D eigenvalue weighted by molar-refractivity contribution is 0.674. The van der Waals surface area contributed by atoms with Crippen LogP contribution in [0.2, 0.25) is 0 Å². The van der Waals surface area contributed by atoms with Gasteiger partial charge < -0.3 is 14.5 Å². The second-order valence-electron chi connectivity index (χ2n) is 15.2. The van der Waals surface area contributed by atoms with Gasteiger partial charge in [0.15, 0.2) is 5.84 Å². The van der Waals surface area contributed by atoms with Crippen molar-refractivity contribution in [3.63, 3.8) is 0 Å². The summed E-state index contributed by atoms with van der Waals surface area (Å²) in [4.78, 5) is 10.2. The average Bonchev–Trinajstić information content (AvgIpc) is 3.79. The lowest BCUT2D eigenvalue weighted by Crippen LogP contribution is -2.33. The summed E-state index contributed by atoms with van der Waals surface area (Å²) in [5.74, 6) is 1.52. The number of hydrogen-bond donors (Lipinski definition) is 1. The highest BCUT2D eigenvalue weighted by molar-refractivity contribution is 6.15. The van der Waals surface area contributed by atoms with Crippen LogP contribution in [0.1, 0.15) is 34.0 Å².